The highest BCUT2D eigenvalue weighted by Gasteiger charge is 2.36. The van der Waals surface area contributed by atoms with Gasteiger partial charge < -0.3 is 9.15 Å². The average molecular weight is 493 g/mol. The summed E-state index contributed by atoms with van der Waals surface area (Å²) in [6, 6.07) is 3.34. The summed E-state index contributed by atoms with van der Waals surface area (Å²) >= 11 is 0. The fraction of sp³-hybridized carbons (Fsp3) is 0.318. The molecule has 12 heteroatoms. The lowest BCUT2D eigenvalue weighted by Gasteiger charge is -2.26. The number of hydrogen-bond donors (Lipinski definition) is 2. The minimum atomic E-state index is -4.50. The van der Waals surface area contributed by atoms with Crippen LogP contribution < -0.4 is 15.2 Å². The van der Waals surface area contributed by atoms with Crippen molar-refractivity contribution in [1.82, 2.24) is 14.9 Å². The number of aromatic nitrogens is 2. The molecule has 9 nitrogen and oxygen atoms in total. The maximum Gasteiger partial charge on any atom is 0.434 e. The molecule has 2 N–H and O–H groups in total. The fourth-order valence-electron chi connectivity index (χ4n) is 4.03. The van der Waals surface area contributed by atoms with Crippen LogP contribution in [0.15, 0.2) is 38.4 Å². The van der Waals surface area contributed by atoms with E-state index in [1.807, 2.05) is 0 Å². The zero-order chi connectivity index (χ0) is 24.8. The van der Waals surface area contributed by atoms with Crippen LogP contribution in [0.3, 0.4) is 0 Å². The van der Waals surface area contributed by atoms with Gasteiger partial charge in [-0.2, -0.15) is 4.72 Å². The van der Waals surface area contributed by atoms with Crippen LogP contribution in [0.4, 0.5) is 8.78 Å². The molecule has 1 aliphatic rings. The molecular formula is C22H21F2N3O6S. The van der Waals surface area contributed by atoms with Crippen molar-refractivity contribution in [3.8, 4) is 5.75 Å². The lowest BCUT2D eigenvalue weighted by Crippen LogP contribution is -2.34. The number of aryl methyl sites for hydroxylation is 1. The van der Waals surface area contributed by atoms with Gasteiger partial charge in [0.2, 0.25) is 15.9 Å². The van der Waals surface area contributed by atoms with Crippen molar-refractivity contribution in [3.05, 3.63) is 74.6 Å². The topological polar surface area (TPSA) is 131 Å². The van der Waals surface area contributed by atoms with Gasteiger partial charge in [0.25, 0.3) is 0 Å². The number of Topliss-reactive ketones (excluding diaryl/α,β-unsaturated/α-hetero) is 1. The van der Waals surface area contributed by atoms with E-state index in [4.69, 9.17) is 9.15 Å². The second-order valence-electron chi connectivity index (χ2n) is 8.01. The largest absolute Gasteiger partial charge is 0.491 e. The van der Waals surface area contributed by atoms with Crippen molar-refractivity contribution in [3.63, 3.8) is 0 Å². The SMILES string of the molecule is Cc1ccc(F)c(C(C)C(NS(=O)(=O)c2ccc(F)c3c2OCCC3=O)c2n[nH]c(=O)o2)c1C. The van der Waals surface area contributed by atoms with E-state index in [0.717, 1.165) is 17.7 Å². The molecule has 0 spiro atoms. The highest BCUT2D eigenvalue weighted by molar-refractivity contribution is 7.89. The highest BCUT2D eigenvalue weighted by Crippen LogP contribution is 2.38. The van der Waals surface area contributed by atoms with E-state index in [0.29, 0.717) is 5.56 Å². The van der Waals surface area contributed by atoms with E-state index >= 15 is 0 Å². The Morgan fingerprint density at radius 2 is 1.82 bits per heavy atom. The molecule has 0 saturated heterocycles. The molecule has 0 amide bonds. The second-order valence-corrected chi connectivity index (χ2v) is 9.70. The molecule has 2 atom stereocenters. The number of carbonyl (C=O) groups is 1. The maximum atomic E-state index is 14.8. The van der Waals surface area contributed by atoms with Gasteiger partial charge in [-0.1, -0.05) is 13.0 Å². The Kier molecular flexibility index (Phi) is 6.13. The number of ether oxygens (including phenoxy) is 1. The van der Waals surface area contributed by atoms with Gasteiger partial charge in [-0.3, -0.25) is 4.79 Å². The van der Waals surface area contributed by atoms with E-state index < -0.39 is 61.4 Å². The number of H-pyrrole nitrogens is 1. The van der Waals surface area contributed by atoms with Crippen LogP contribution in [0, 0.1) is 25.5 Å². The van der Waals surface area contributed by atoms with E-state index in [1.165, 1.54) is 6.07 Å². The number of ketones is 1. The lowest BCUT2D eigenvalue weighted by atomic mass is 9.88. The van der Waals surface area contributed by atoms with Crippen LogP contribution in [0.1, 0.15) is 58.2 Å². The Morgan fingerprint density at radius 1 is 1.12 bits per heavy atom. The molecule has 0 saturated carbocycles. The summed E-state index contributed by atoms with van der Waals surface area (Å²) in [4.78, 5) is 23.3. The quantitative estimate of drug-likeness (QED) is 0.540. The molecule has 2 unspecified atom stereocenters. The molecule has 180 valence electrons. The van der Waals surface area contributed by atoms with Crippen molar-refractivity contribution >= 4 is 15.8 Å². The van der Waals surface area contributed by atoms with Crippen molar-refractivity contribution < 1.29 is 31.1 Å². The number of halogens is 2. The molecule has 0 bridgehead atoms. The van der Waals surface area contributed by atoms with Crippen molar-refractivity contribution in [2.75, 3.05) is 6.61 Å². The molecule has 4 rings (SSSR count). The fourth-order valence-corrected chi connectivity index (χ4v) is 5.45. The van der Waals surface area contributed by atoms with Crippen LogP contribution in [0.2, 0.25) is 0 Å². The van der Waals surface area contributed by atoms with Gasteiger partial charge in [0, 0.05) is 12.3 Å². The van der Waals surface area contributed by atoms with Crippen LogP contribution in [-0.4, -0.2) is 31.0 Å². The van der Waals surface area contributed by atoms with Gasteiger partial charge in [-0.25, -0.2) is 27.1 Å². The highest BCUT2D eigenvalue weighted by atomic mass is 32.2. The number of nitrogens with one attached hydrogen (secondary N) is 2. The number of rotatable bonds is 6. The third-order valence-corrected chi connectivity index (χ3v) is 7.37. The first-order chi connectivity index (χ1) is 16.0. The zero-order valence-electron chi connectivity index (χ0n) is 18.4. The molecule has 34 heavy (non-hydrogen) atoms. The summed E-state index contributed by atoms with van der Waals surface area (Å²) in [6.45, 7) is 4.90. The third kappa shape index (κ3) is 4.14. The Labute approximate surface area is 193 Å². The number of hydrogen-bond acceptors (Lipinski definition) is 7. The van der Waals surface area contributed by atoms with Crippen LogP contribution in [0.25, 0.3) is 0 Å². The monoisotopic (exact) mass is 493 g/mol. The van der Waals surface area contributed by atoms with Crippen LogP contribution in [0.5, 0.6) is 5.75 Å². The number of aromatic amines is 1. The molecule has 3 aromatic rings. The molecule has 1 aliphatic heterocycles. The van der Waals surface area contributed by atoms with Gasteiger partial charge >= 0.3 is 5.76 Å². The van der Waals surface area contributed by atoms with Crippen LogP contribution >= 0.6 is 0 Å². The normalized spacial score (nSPS) is 15.5. The Bertz CT molecular complexity index is 1450. The lowest BCUT2D eigenvalue weighted by molar-refractivity contribution is 0.0925. The zero-order valence-corrected chi connectivity index (χ0v) is 19.3. The number of benzene rings is 2. The average Bonchev–Trinajstić information content (AvgIpc) is 3.21. The predicted octanol–water partition coefficient (Wildman–Crippen LogP) is 3.05. The minimum Gasteiger partial charge on any atom is -0.491 e. The minimum absolute atomic E-state index is 0.0924. The standard InChI is InChI=1S/C22H21F2N3O6S/c1-10-4-5-13(23)17(11(10)2)12(3)19(21-25-26-22(29)33-21)27-34(30,31)16-7-6-14(24)18-15(28)8-9-32-20(16)18/h4-7,12,19,27H,8-9H2,1-3H3,(H,26,29). The summed E-state index contributed by atoms with van der Waals surface area (Å²) in [6.07, 6.45) is -0.0924. The van der Waals surface area contributed by atoms with Gasteiger partial charge in [-0.15, -0.1) is 5.10 Å². The smallest absolute Gasteiger partial charge is 0.434 e. The molecule has 0 aliphatic carbocycles. The Balaban J connectivity index is 1.83. The first-order valence-corrected chi connectivity index (χ1v) is 11.8. The first-order valence-electron chi connectivity index (χ1n) is 10.3. The van der Waals surface area contributed by atoms with Gasteiger partial charge in [0.1, 0.15) is 22.6 Å². The van der Waals surface area contributed by atoms with Crippen molar-refractivity contribution in [1.29, 1.82) is 0 Å². The molecule has 1 aromatic heterocycles. The molecule has 0 radical (unpaired) electrons. The maximum absolute atomic E-state index is 14.8. The van der Waals surface area contributed by atoms with Gasteiger partial charge in [0.05, 0.1) is 12.2 Å². The number of fused-ring (bicyclic) bond motifs is 1. The number of carbonyl (C=O) groups excluding carboxylic acids is 1. The first kappa shape index (κ1) is 23.8. The summed E-state index contributed by atoms with van der Waals surface area (Å²) in [5, 5.41) is 5.80. The summed E-state index contributed by atoms with van der Waals surface area (Å²) in [5.74, 6) is -4.62. The molecule has 2 aromatic carbocycles. The van der Waals surface area contributed by atoms with Crippen LogP contribution in [-0.2, 0) is 10.0 Å². The summed E-state index contributed by atoms with van der Waals surface area (Å²) < 4.78 is 68.7. The van der Waals surface area contributed by atoms with E-state index in [-0.39, 0.29) is 24.5 Å². The van der Waals surface area contributed by atoms with E-state index in [2.05, 4.69) is 14.9 Å². The molecule has 2 heterocycles. The van der Waals surface area contributed by atoms with Gasteiger partial charge in [0.15, 0.2) is 11.5 Å². The van der Waals surface area contributed by atoms with Gasteiger partial charge in [-0.05, 0) is 48.7 Å². The van der Waals surface area contributed by atoms with E-state index in [9.17, 15) is 26.8 Å². The van der Waals surface area contributed by atoms with Crippen molar-refractivity contribution in [2.24, 2.45) is 0 Å². The summed E-state index contributed by atoms with van der Waals surface area (Å²) in [5.41, 5.74) is 1.10. The third-order valence-electron chi connectivity index (χ3n) is 5.91. The molecule has 0 fully saturated rings. The Hall–Kier alpha value is -3.38. The Morgan fingerprint density at radius 3 is 2.50 bits per heavy atom. The number of nitrogens with zero attached hydrogens (tertiary/aromatic N) is 1. The summed E-state index contributed by atoms with van der Waals surface area (Å²) in [7, 11) is -4.50. The van der Waals surface area contributed by atoms with Crippen molar-refractivity contribution in [2.45, 2.75) is 44.0 Å². The number of sulfonamides is 1. The predicted molar refractivity (Wildman–Crippen MR) is 115 cm³/mol. The second kappa shape index (κ2) is 8.76. The van der Waals surface area contributed by atoms with E-state index in [1.54, 1.807) is 26.8 Å². The molecular weight excluding hydrogens is 472 g/mol.